The van der Waals surface area contributed by atoms with E-state index in [-0.39, 0.29) is 5.54 Å². The normalized spacial score (nSPS) is 35.1. The lowest BCUT2D eigenvalue weighted by molar-refractivity contribution is 0.349. The van der Waals surface area contributed by atoms with E-state index < -0.39 is 0 Å². The minimum Gasteiger partial charge on any atom is -0.319 e. The SMILES string of the molecule is CC1=NN(C)CC1(C)N. The lowest BCUT2D eigenvalue weighted by atomic mass is 10.00. The zero-order valence-corrected chi connectivity index (χ0v) is 6.18. The van der Waals surface area contributed by atoms with Gasteiger partial charge in [-0.2, -0.15) is 5.10 Å². The van der Waals surface area contributed by atoms with E-state index in [1.165, 1.54) is 0 Å². The van der Waals surface area contributed by atoms with Crippen LogP contribution in [0.3, 0.4) is 0 Å². The fourth-order valence-electron chi connectivity index (χ4n) is 0.995. The molecule has 52 valence electrons. The van der Waals surface area contributed by atoms with Crippen LogP contribution in [0.4, 0.5) is 0 Å². The summed E-state index contributed by atoms with van der Waals surface area (Å²) in [5, 5.41) is 6.04. The Morgan fingerprint density at radius 3 is 2.44 bits per heavy atom. The van der Waals surface area contributed by atoms with Gasteiger partial charge in [0.05, 0.1) is 17.8 Å². The summed E-state index contributed by atoms with van der Waals surface area (Å²) in [5.41, 5.74) is 6.66. The summed E-state index contributed by atoms with van der Waals surface area (Å²) in [4.78, 5) is 0. The Hall–Kier alpha value is -0.570. The smallest absolute Gasteiger partial charge is 0.0724 e. The van der Waals surface area contributed by atoms with Crippen LogP contribution in [0.25, 0.3) is 0 Å². The second-order valence-corrected chi connectivity index (χ2v) is 2.92. The Morgan fingerprint density at radius 1 is 1.78 bits per heavy atom. The monoisotopic (exact) mass is 127 g/mol. The van der Waals surface area contributed by atoms with Gasteiger partial charge in [-0.15, -0.1) is 0 Å². The van der Waals surface area contributed by atoms with Crippen LogP contribution < -0.4 is 5.73 Å². The first-order valence-electron chi connectivity index (χ1n) is 3.08. The molecule has 0 spiro atoms. The zero-order valence-electron chi connectivity index (χ0n) is 6.18. The molecule has 0 aromatic rings. The number of hydrogen-bond donors (Lipinski definition) is 1. The Labute approximate surface area is 55.5 Å². The Bertz CT molecular complexity index is 148. The molecule has 1 aliphatic heterocycles. The molecule has 1 unspecified atom stereocenters. The standard InChI is InChI=1S/C6H13N3/c1-5-6(2,7)4-9(3)8-5/h4,7H2,1-3H3. The summed E-state index contributed by atoms with van der Waals surface area (Å²) in [5.74, 6) is 0. The molecule has 9 heavy (non-hydrogen) atoms. The quantitative estimate of drug-likeness (QED) is 0.498. The summed E-state index contributed by atoms with van der Waals surface area (Å²) in [6, 6.07) is 0. The molecule has 0 aliphatic carbocycles. The highest BCUT2D eigenvalue weighted by Crippen LogP contribution is 2.12. The van der Waals surface area contributed by atoms with Crippen LogP contribution >= 0.6 is 0 Å². The van der Waals surface area contributed by atoms with Crippen molar-refractivity contribution in [2.45, 2.75) is 19.4 Å². The van der Waals surface area contributed by atoms with Gasteiger partial charge < -0.3 is 5.73 Å². The van der Waals surface area contributed by atoms with Gasteiger partial charge in [0, 0.05) is 7.05 Å². The summed E-state index contributed by atoms with van der Waals surface area (Å²) in [7, 11) is 1.93. The maximum Gasteiger partial charge on any atom is 0.0724 e. The van der Waals surface area contributed by atoms with Crippen LogP contribution in [-0.2, 0) is 0 Å². The van der Waals surface area contributed by atoms with Gasteiger partial charge in [-0.3, -0.25) is 5.01 Å². The number of rotatable bonds is 0. The van der Waals surface area contributed by atoms with Crippen molar-refractivity contribution in [3.8, 4) is 0 Å². The number of nitrogens with two attached hydrogens (primary N) is 1. The van der Waals surface area contributed by atoms with Gasteiger partial charge >= 0.3 is 0 Å². The van der Waals surface area contributed by atoms with E-state index in [9.17, 15) is 0 Å². The molecular weight excluding hydrogens is 114 g/mol. The Balaban J connectivity index is 2.76. The van der Waals surface area contributed by atoms with Crippen molar-refractivity contribution in [3.63, 3.8) is 0 Å². The molecule has 0 saturated heterocycles. The minimum absolute atomic E-state index is 0.200. The van der Waals surface area contributed by atoms with Crippen LogP contribution in [0.1, 0.15) is 13.8 Å². The van der Waals surface area contributed by atoms with E-state index in [1.807, 2.05) is 25.9 Å². The van der Waals surface area contributed by atoms with Crippen molar-refractivity contribution < 1.29 is 0 Å². The number of likely N-dealkylation sites (N-methyl/N-ethyl adjacent to an activating group) is 1. The molecule has 0 aromatic heterocycles. The predicted octanol–water partition coefficient (Wildman–Crippen LogP) is 0.0251. The molecule has 0 radical (unpaired) electrons. The van der Waals surface area contributed by atoms with Gasteiger partial charge in [0.1, 0.15) is 0 Å². The van der Waals surface area contributed by atoms with E-state index in [1.54, 1.807) is 0 Å². The van der Waals surface area contributed by atoms with Gasteiger partial charge in [0.15, 0.2) is 0 Å². The molecule has 1 heterocycles. The van der Waals surface area contributed by atoms with Crippen molar-refractivity contribution in [2.75, 3.05) is 13.6 Å². The molecule has 0 fully saturated rings. The third-order valence-electron chi connectivity index (χ3n) is 1.70. The average molecular weight is 127 g/mol. The maximum atomic E-state index is 5.84. The van der Waals surface area contributed by atoms with Crippen LogP contribution in [0, 0.1) is 0 Å². The molecule has 1 atom stereocenters. The van der Waals surface area contributed by atoms with E-state index in [2.05, 4.69) is 5.10 Å². The zero-order chi connectivity index (χ0) is 7.07. The summed E-state index contributed by atoms with van der Waals surface area (Å²) in [6.45, 7) is 4.79. The van der Waals surface area contributed by atoms with Crippen molar-refractivity contribution >= 4 is 5.71 Å². The Morgan fingerprint density at radius 2 is 2.33 bits per heavy atom. The highest BCUT2D eigenvalue weighted by Gasteiger charge is 2.29. The Kier molecular flexibility index (Phi) is 1.24. The highest BCUT2D eigenvalue weighted by molar-refractivity contribution is 5.92. The maximum absolute atomic E-state index is 5.84. The lowest BCUT2D eigenvalue weighted by Crippen LogP contribution is -2.45. The molecular formula is C6H13N3. The number of hydrazone groups is 1. The van der Waals surface area contributed by atoms with E-state index >= 15 is 0 Å². The van der Waals surface area contributed by atoms with Gasteiger partial charge in [-0.05, 0) is 13.8 Å². The van der Waals surface area contributed by atoms with Crippen LogP contribution in [-0.4, -0.2) is 29.9 Å². The van der Waals surface area contributed by atoms with Gasteiger partial charge in [0.2, 0.25) is 0 Å². The molecule has 2 N–H and O–H groups in total. The van der Waals surface area contributed by atoms with Crippen LogP contribution in [0.15, 0.2) is 5.10 Å². The fraction of sp³-hybridized carbons (Fsp3) is 0.833. The lowest BCUT2D eigenvalue weighted by Gasteiger charge is -2.17. The first-order chi connectivity index (χ1) is 4.02. The fourth-order valence-corrected chi connectivity index (χ4v) is 0.995. The number of hydrogen-bond acceptors (Lipinski definition) is 3. The molecule has 0 aromatic carbocycles. The van der Waals surface area contributed by atoms with Gasteiger partial charge in [-0.1, -0.05) is 0 Å². The first kappa shape index (κ1) is 6.55. The van der Waals surface area contributed by atoms with Crippen molar-refractivity contribution in [1.29, 1.82) is 0 Å². The third kappa shape index (κ3) is 1.05. The van der Waals surface area contributed by atoms with Crippen LogP contribution in [0.5, 0.6) is 0 Å². The second kappa shape index (κ2) is 1.70. The van der Waals surface area contributed by atoms with Gasteiger partial charge in [-0.25, -0.2) is 0 Å². The molecule has 0 saturated carbocycles. The van der Waals surface area contributed by atoms with Gasteiger partial charge in [0.25, 0.3) is 0 Å². The molecule has 3 nitrogen and oxygen atoms in total. The second-order valence-electron chi connectivity index (χ2n) is 2.92. The van der Waals surface area contributed by atoms with Crippen molar-refractivity contribution in [3.05, 3.63) is 0 Å². The molecule has 1 rings (SSSR count). The minimum atomic E-state index is -0.200. The van der Waals surface area contributed by atoms with Crippen molar-refractivity contribution in [2.24, 2.45) is 10.8 Å². The van der Waals surface area contributed by atoms with Crippen molar-refractivity contribution in [1.82, 2.24) is 5.01 Å². The topological polar surface area (TPSA) is 41.6 Å². The molecule has 0 amide bonds. The summed E-state index contributed by atoms with van der Waals surface area (Å²) < 4.78 is 0. The molecule has 0 bridgehead atoms. The number of nitrogens with zero attached hydrogens (tertiary/aromatic N) is 2. The summed E-state index contributed by atoms with van der Waals surface area (Å²) >= 11 is 0. The third-order valence-corrected chi connectivity index (χ3v) is 1.70. The summed E-state index contributed by atoms with van der Waals surface area (Å²) in [6.07, 6.45) is 0. The van der Waals surface area contributed by atoms with Crippen LogP contribution in [0.2, 0.25) is 0 Å². The van der Waals surface area contributed by atoms with E-state index in [0.717, 1.165) is 12.3 Å². The molecule has 3 heteroatoms. The van der Waals surface area contributed by atoms with E-state index in [0.29, 0.717) is 0 Å². The highest BCUT2D eigenvalue weighted by atomic mass is 15.5. The first-order valence-corrected chi connectivity index (χ1v) is 3.08. The average Bonchev–Trinajstić information content (AvgIpc) is 1.79. The predicted molar refractivity (Wildman–Crippen MR) is 38.3 cm³/mol. The van der Waals surface area contributed by atoms with E-state index in [4.69, 9.17) is 5.73 Å². The largest absolute Gasteiger partial charge is 0.319 e. The molecule has 1 aliphatic rings.